The number of nitrogens with zero attached hydrogens (tertiary/aromatic N) is 1. The zero-order chi connectivity index (χ0) is 11.7. The van der Waals surface area contributed by atoms with E-state index in [0.29, 0.717) is 11.5 Å². The van der Waals surface area contributed by atoms with Crippen LogP contribution >= 0.6 is 0 Å². The molecule has 88 valence electrons. The average Bonchev–Trinajstić information content (AvgIpc) is 3.00. The molecule has 2 heterocycles. The number of H-pyrrole nitrogens is 1. The molecule has 0 spiro atoms. The molecule has 4 heteroatoms. The van der Waals surface area contributed by atoms with Gasteiger partial charge < -0.3 is 5.32 Å². The van der Waals surface area contributed by atoms with Gasteiger partial charge in [-0.2, -0.15) is 5.10 Å². The number of halogens is 1. The predicted octanol–water partition coefficient (Wildman–Crippen LogP) is 2.29. The van der Waals surface area contributed by atoms with Crippen LogP contribution in [-0.4, -0.2) is 23.3 Å². The van der Waals surface area contributed by atoms with Crippen molar-refractivity contribution in [2.24, 2.45) is 0 Å². The van der Waals surface area contributed by atoms with Gasteiger partial charge in [-0.25, -0.2) is 4.39 Å². The van der Waals surface area contributed by atoms with Crippen molar-refractivity contribution in [3.63, 3.8) is 0 Å². The normalized spacial score (nSPS) is 19.7. The van der Waals surface area contributed by atoms with E-state index in [2.05, 4.69) is 15.5 Å². The average molecular weight is 231 g/mol. The van der Waals surface area contributed by atoms with Crippen molar-refractivity contribution in [3.05, 3.63) is 42.0 Å². The summed E-state index contributed by atoms with van der Waals surface area (Å²) in [5.41, 5.74) is 2.56. The lowest BCUT2D eigenvalue weighted by molar-refractivity contribution is 0.630. The lowest BCUT2D eigenvalue weighted by Crippen LogP contribution is -2.08. The number of rotatable bonds is 2. The van der Waals surface area contributed by atoms with Gasteiger partial charge in [-0.05, 0) is 19.0 Å². The zero-order valence-corrected chi connectivity index (χ0v) is 9.41. The van der Waals surface area contributed by atoms with Crippen molar-refractivity contribution in [1.29, 1.82) is 0 Å². The maximum absolute atomic E-state index is 13.8. The number of nitrogens with one attached hydrogen (secondary N) is 2. The van der Waals surface area contributed by atoms with Crippen LogP contribution < -0.4 is 5.32 Å². The number of aromatic amines is 1. The molecule has 1 atom stereocenters. The third-order valence-corrected chi connectivity index (χ3v) is 3.30. The molecular formula is C13H14FN3. The molecule has 3 nitrogen and oxygen atoms in total. The van der Waals surface area contributed by atoms with Crippen molar-refractivity contribution in [3.8, 4) is 11.1 Å². The fourth-order valence-electron chi connectivity index (χ4n) is 2.40. The molecule has 1 aromatic carbocycles. The minimum Gasteiger partial charge on any atom is -0.316 e. The quantitative estimate of drug-likeness (QED) is 0.832. The Kier molecular flexibility index (Phi) is 2.65. The summed E-state index contributed by atoms with van der Waals surface area (Å²) in [5, 5.41) is 10.4. The van der Waals surface area contributed by atoms with Crippen LogP contribution in [0.15, 0.2) is 30.5 Å². The summed E-state index contributed by atoms with van der Waals surface area (Å²) in [4.78, 5) is 0. The van der Waals surface area contributed by atoms with E-state index in [1.807, 2.05) is 6.07 Å². The van der Waals surface area contributed by atoms with Gasteiger partial charge in [0.05, 0.1) is 6.20 Å². The Labute approximate surface area is 99.1 Å². The molecule has 0 saturated carbocycles. The van der Waals surface area contributed by atoms with Crippen LogP contribution in [0.1, 0.15) is 18.0 Å². The SMILES string of the molecule is Fc1ccccc1-c1cn[nH]c1C1CCNC1. The molecule has 1 saturated heterocycles. The number of aromatic nitrogens is 2. The van der Waals surface area contributed by atoms with Gasteiger partial charge >= 0.3 is 0 Å². The van der Waals surface area contributed by atoms with Crippen LogP contribution in [0.4, 0.5) is 4.39 Å². The molecule has 2 aromatic rings. The maximum Gasteiger partial charge on any atom is 0.131 e. The number of benzene rings is 1. The Balaban J connectivity index is 2.04. The van der Waals surface area contributed by atoms with Crippen LogP contribution in [0.25, 0.3) is 11.1 Å². The fourth-order valence-corrected chi connectivity index (χ4v) is 2.40. The summed E-state index contributed by atoms with van der Waals surface area (Å²) in [5.74, 6) is 0.216. The molecule has 1 unspecified atom stereocenters. The van der Waals surface area contributed by atoms with Gasteiger partial charge in [0, 0.05) is 29.3 Å². The van der Waals surface area contributed by atoms with E-state index < -0.39 is 0 Å². The second kappa shape index (κ2) is 4.30. The zero-order valence-electron chi connectivity index (χ0n) is 9.41. The second-order valence-corrected chi connectivity index (χ2v) is 4.37. The van der Waals surface area contributed by atoms with E-state index in [0.717, 1.165) is 30.8 Å². The Morgan fingerprint density at radius 3 is 2.88 bits per heavy atom. The highest BCUT2D eigenvalue weighted by molar-refractivity contribution is 5.66. The molecule has 3 rings (SSSR count). The second-order valence-electron chi connectivity index (χ2n) is 4.37. The van der Waals surface area contributed by atoms with E-state index in [1.54, 1.807) is 18.3 Å². The van der Waals surface area contributed by atoms with E-state index in [9.17, 15) is 4.39 Å². The first-order chi connectivity index (χ1) is 8.36. The highest BCUT2D eigenvalue weighted by Gasteiger charge is 2.22. The molecule has 17 heavy (non-hydrogen) atoms. The smallest absolute Gasteiger partial charge is 0.131 e. The maximum atomic E-state index is 13.8. The summed E-state index contributed by atoms with van der Waals surface area (Å²) in [6.45, 7) is 1.95. The van der Waals surface area contributed by atoms with Gasteiger partial charge in [-0.1, -0.05) is 18.2 Å². The summed E-state index contributed by atoms with van der Waals surface area (Å²) >= 11 is 0. The highest BCUT2D eigenvalue weighted by atomic mass is 19.1. The largest absolute Gasteiger partial charge is 0.316 e. The molecule has 0 amide bonds. The minimum atomic E-state index is -0.193. The fraction of sp³-hybridized carbons (Fsp3) is 0.308. The van der Waals surface area contributed by atoms with Crippen LogP contribution in [0.3, 0.4) is 0 Å². The van der Waals surface area contributed by atoms with Crippen molar-refractivity contribution in [2.45, 2.75) is 12.3 Å². The summed E-state index contributed by atoms with van der Waals surface area (Å²) in [6.07, 6.45) is 2.79. The lowest BCUT2D eigenvalue weighted by atomic mass is 9.97. The molecule has 1 aliphatic rings. The number of hydrogen-bond donors (Lipinski definition) is 2. The Morgan fingerprint density at radius 2 is 2.12 bits per heavy atom. The van der Waals surface area contributed by atoms with E-state index in [1.165, 1.54) is 6.07 Å². The first-order valence-corrected chi connectivity index (χ1v) is 5.85. The first kappa shape index (κ1) is 10.5. The summed E-state index contributed by atoms with van der Waals surface area (Å²) < 4.78 is 13.8. The molecule has 1 aliphatic heterocycles. The minimum absolute atomic E-state index is 0.193. The molecular weight excluding hydrogens is 217 g/mol. The Bertz CT molecular complexity index is 515. The molecule has 0 radical (unpaired) electrons. The highest BCUT2D eigenvalue weighted by Crippen LogP contribution is 2.31. The molecule has 1 fully saturated rings. The van der Waals surface area contributed by atoms with Gasteiger partial charge in [-0.15, -0.1) is 0 Å². The predicted molar refractivity (Wildman–Crippen MR) is 64.2 cm³/mol. The topological polar surface area (TPSA) is 40.7 Å². The molecule has 0 bridgehead atoms. The number of hydrogen-bond acceptors (Lipinski definition) is 2. The summed E-state index contributed by atoms with van der Waals surface area (Å²) in [6, 6.07) is 6.84. The van der Waals surface area contributed by atoms with Crippen molar-refractivity contribution >= 4 is 0 Å². The van der Waals surface area contributed by atoms with E-state index in [-0.39, 0.29) is 5.82 Å². The standard InChI is InChI=1S/C13H14FN3/c14-12-4-2-1-3-10(12)11-8-16-17-13(11)9-5-6-15-7-9/h1-4,8-9,15H,5-7H2,(H,16,17). The van der Waals surface area contributed by atoms with Crippen LogP contribution in [0, 0.1) is 5.82 Å². The summed E-state index contributed by atoms with van der Waals surface area (Å²) in [7, 11) is 0. The third-order valence-electron chi connectivity index (χ3n) is 3.30. The third kappa shape index (κ3) is 1.85. The van der Waals surface area contributed by atoms with Gasteiger partial charge in [0.1, 0.15) is 5.82 Å². The van der Waals surface area contributed by atoms with Crippen molar-refractivity contribution in [2.75, 3.05) is 13.1 Å². The first-order valence-electron chi connectivity index (χ1n) is 5.85. The Morgan fingerprint density at radius 1 is 1.24 bits per heavy atom. The van der Waals surface area contributed by atoms with Gasteiger partial charge in [-0.3, -0.25) is 5.10 Å². The lowest BCUT2D eigenvalue weighted by Gasteiger charge is -2.09. The van der Waals surface area contributed by atoms with E-state index >= 15 is 0 Å². The van der Waals surface area contributed by atoms with E-state index in [4.69, 9.17) is 0 Å². The van der Waals surface area contributed by atoms with Crippen molar-refractivity contribution < 1.29 is 4.39 Å². The monoisotopic (exact) mass is 231 g/mol. The molecule has 0 aliphatic carbocycles. The van der Waals surface area contributed by atoms with Crippen LogP contribution in [0.2, 0.25) is 0 Å². The molecule has 2 N–H and O–H groups in total. The van der Waals surface area contributed by atoms with Crippen molar-refractivity contribution in [1.82, 2.24) is 15.5 Å². The van der Waals surface area contributed by atoms with Gasteiger partial charge in [0.15, 0.2) is 0 Å². The molecule has 1 aromatic heterocycles. The van der Waals surface area contributed by atoms with Crippen LogP contribution in [-0.2, 0) is 0 Å². The van der Waals surface area contributed by atoms with Gasteiger partial charge in [0.25, 0.3) is 0 Å². The van der Waals surface area contributed by atoms with Gasteiger partial charge in [0.2, 0.25) is 0 Å². The Hall–Kier alpha value is -1.68. The van der Waals surface area contributed by atoms with Crippen LogP contribution in [0.5, 0.6) is 0 Å².